The van der Waals surface area contributed by atoms with Crippen molar-refractivity contribution < 1.29 is 19.1 Å². The Labute approximate surface area is 179 Å². The molecule has 1 heterocycles. The van der Waals surface area contributed by atoms with Gasteiger partial charge < -0.3 is 14.8 Å². The van der Waals surface area contributed by atoms with Crippen molar-refractivity contribution in [3.8, 4) is 5.75 Å². The van der Waals surface area contributed by atoms with Crippen LogP contribution in [0.25, 0.3) is 10.8 Å². The molecule has 0 radical (unpaired) electrons. The average Bonchev–Trinajstić information content (AvgIpc) is 2.75. The summed E-state index contributed by atoms with van der Waals surface area (Å²) in [6, 6.07) is 13.2. The fourth-order valence-corrected chi connectivity index (χ4v) is 3.26. The van der Waals surface area contributed by atoms with Crippen molar-refractivity contribution in [2.24, 2.45) is 7.05 Å². The van der Waals surface area contributed by atoms with E-state index in [1.165, 1.54) is 7.05 Å². The van der Waals surface area contributed by atoms with E-state index in [2.05, 4.69) is 10.4 Å². The van der Waals surface area contributed by atoms with Gasteiger partial charge in [0, 0.05) is 12.4 Å². The summed E-state index contributed by atoms with van der Waals surface area (Å²) < 4.78 is 11.6. The van der Waals surface area contributed by atoms with Gasteiger partial charge >= 0.3 is 5.97 Å². The number of rotatable bonds is 7. The number of hydrogen-bond donors (Lipinski definition) is 1. The summed E-state index contributed by atoms with van der Waals surface area (Å²) in [5, 5.41) is 7.87. The highest BCUT2D eigenvalue weighted by molar-refractivity contribution is 6.05. The standard InChI is InChI=1S/C23H25N3O5/c1-14(2)31-20(27)13-19(15-9-11-16(30-4)12-10-15)24-22(28)21-17-7-5-6-8-18(17)23(29)26(3)25-21/h5-12,14,19H,13H2,1-4H3,(H,24,28)/t19-/m0/s1. The van der Waals surface area contributed by atoms with Gasteiger partial charge in [0.05, 0.1) is 31.1 Å². The van der Waals surface area contributed by atoms with Gasteiger partial charge in [0.15, 0.2) is 5.69 Å². The van der Waals surface area contributed by atoms with E-state index in [9.17, 15) is 14.4 Å². The quantitative estimate of drug-likeness (QED) is 0.587. The first-order valence-corrected chi connectivity index (χ1v) is 9.90. The second-order valence-electron chi connectivity index (χ2n) is 7.36. The molecule has 8 nitrogen and oxygen atoms in total. The number of aryl methyl sites for hydroxylation is 1. The number of methoxy groups -OCH3 is 1. The summed E-state index contributed by atoms with van der Waals surface area (Å²) in [6.07, 6.45) is -0.325. The van der Waals surface area contributed by atoms with E-state index in [0.717, 1.165) is 4.68 Å². The fraction of sp³-hybridized carbons (Fsp3) is 0.304. The molecule has 0 saturated heterocycles. The van der Waals surface area contributed by atoms with Crippen molar-refractivity contribution in [3.05, 3.63) is 70.1 Å². The van der Waals surface area contributed by atoms with Crippen molar-refractivity contribution in [3.63, 3.8) is 0 Å². The Hall–Kier alpha value is -3.68. The van der Waals surface area contributed by atoms with Gasteiger partial charge in [0.25, 0.3) is 11.5 Å². The maximum absolute atomic E-state index is 13.2. The van der Waals surface area contributed by atoms with E-state index in [0.29, 0.717) is 22.1 Å². The van der Waals surface area contributed by atoms with E-state index in [4.69, 9.17) is 9.47 Å². The number of fused-ring (bicyclic) bond motifs is 1. The third kappa shape index (κ3) is 5.09. The SMILES string of the molecule is COc1ccc([C@H](CC(=O)OC(C)C)NC(=O)c2nn(C)c(=O)c3ccccc23)cc1. The molecule has 0 bridgehead atoms. The largest absolute Gasteiger partial charge is 0.497 e. The van der Waals surface area contributed by atoms with Crippen LogP contribution in [0.3, 0.4) is 0 Å². The number of amides is 1. The van der Waals surface area contributed by atoms with Crippen molar-refractivity contribution in [2.75, 3.05) is 7.11 Å². The maximum Gasteiger partial charge on any atom is 0.308 e. The summed E-state index contributed by atoms with van der Waals surface area (Å²) in [6.45, 7) is 3.53. The Morgan fingerprint density at radius 3 is 2.32 bits per heavy atom. The van der Waals surface area contributed by atoms with Crippen LogP contribution in [-0.2, 0) is 16.6 Å². The van der Waals surface area contributed by atoms with Gasteiger partial charge in [-0.05, 0) is 37.6 Å². The number of nitrogens with one attached hydrogen (secondary N) is 1. The second-order valence-corrected chi connectivity index (χ2v) is 7.36. The smallest absolute Gasteiger partial charge is 0.308 e. The maximum atomic E-state index is 13.2. The molecule has 2 aromatic carbocycles. The molecule has 1 N–H and O–H groups in total. The second kappa shape index (κ2) is 9.42. The summed E-state index contributed by atoms with van der Waals surface area (Å²) in [4.78, 5) is 37.8. The number of carbonyl (C=O) groups excluding carboxylic acids is 2. The number of esters is 1. The molecule has 162 valence electrons. The van der Waals surface area contributed by atoms with Crippen LogP contribution in [0.15, 0.2) is 53.3 Å². The summed E-state index contributed by atoms with van der Waals surface area (Å²) >= 11 is 0. The summed E-state index contributed by atoms with van der Waals surface area (Å²) in [7, 11) is 3.05. The third-order valence-corrected chi connectivity index (χ3v) is 4.73. The lowest BCUT2D eigenvalue weighted by atomic mass is 10.0. The Bertz CT molecular complexity index is 1150. The molecule has 0 aliphatic heterocycles. The Morgan fingerprint density at radius 1 is 1.06 bits per heavy atom. The minimum absolute atomic E-state index is 0.0556. The lowest BCUT2D eigenvalue weighted by molar-refractivity contribution is -0.147. The normalized spacial score (nSPS) is 11.9. The molecule has 0 saturated carbocycles. The highest BCUT2D eigenvalue weighted by Gasteiger charge is 2.23. The van der Waals surface area contributed by atoms with Crippen LogP contribution in [0.5, 0.6) is 5.75 Å². The van der Waals surface area contributed by atoms with E-state index in [1.54, 1.807) is 69.5 Å². The lowest BCUT2D eigenvalue weighted by Gasteiger charge is -2.20. The first kappa shape index (κ1) is 22.0. The average molecular weight is 423 g/mol. The minimum atomic E-state index is -0.651. The molecule has 3 rings (SSSR count). The zero-order valence-corrected chi connectivity index (χ0v) is 17.9. The molecule has 0 aliphatic rings. The number of hydrogen-bond acceptors (Lipinski definition) is 6. The third-order valence-electron chi connectivity index (χ3n) is 4.73. The Kier molecular flexibility index (Phi) is 6.69. The molecular formula is C23H25N3O5. The molecule has 0 fully saturated rings. The number of carbonyl (C=O) groups is 2. The van der Waals surface area contributed by atoms with Crippen molar-refractivity contribution in [2.45, 2.75) is 32.4 Å². The van der Waals surface area contributed by atoms with Gasteiger partial charge in [-0.3, -0.25) is 14.4 Å². The van der Waals surface area contributed by atoms with Gasteiger partial charge in [-0.15, -0.1) is 0 Å². The lowest BCUT2D eigenvalue weighted by Crippen LogP contribution is -2.33. The Balaban J connectivity index is 1.96. The van der Waals surface area contributed by atoms with E-state index >= 15 is 0 Å². The van der Waals surface area contributed by atoms with Crippen LogP contribution in [0.1, 0.15) is 42.4 Å². The van der Waals surface area contributed by atoms with Gasteiger partial charge in [-0.2, -0.15) is 5.10 Å². The molecule has 0 unspecified atom stereocenters. The molecular weight excluding hydrogens is 398 g/mol. The molecule has 0 spiro atoms. The zero-order valence-electron chi connectivity index (χ0n) is 17.9. The van der Waals surface area contributed by atoms with Crippen molar-refractivity contribution in [1.29, 1.82) is 0 Å². The van der Waals surface area contributed by atoms with E-state index in [1.807, 2.05) is 0 Å². The molecule has 1 atom stereocenters. The highest BCUT2D eigenvalue weighted by atomic mass is 16.5. The summed E-state index contributed by atoms with van der Waals surface area (Å²) in [5.41, 5.74) is 0.525. The van der Waals surface area contributed by atoms with Crippen molar-refractivity contribution in [1.82, 2.24) is 15.1 Å². The van der Waals surface area contributed by atoms with Crippen molar-refractivity contribution >= 4 is 22.6 Å². The molecule has 1 amide bonds. The van der Waals surface area contributed by atoms with Crippen LogP contribution in [0.2, 0.25) is 0 Å². The minimum Gasteiger partial charge on any atom is -0.497 e. The monoisotopic (exact) mass is 423 g/mol. The molecule has 31 heavy (non-hydrogen) atoms. The van der Waals surface area contributed by atoms with E-state index < -0.39 is 17.9 Å². The predicted molar refractivity (Wildman–Crippen MR) is 116 cm³/mol. The topological polar surface area (TPSA) is 99.5 Å². The van der Waals surface area contributed by atoms with Gasteiger partial charge in [0.1, 0.15) is 5.75 Å². The van der Waals surface area contributed by atoms with Crippen LogP contribution >= 0.6 is 0 Å². The number of ether oxygens (including phenoxy) is 2. The summed E-state index contributed by atoms with van der Waals surface area (Å²) in [5.74, 6) is -0.274. The first-order valence-electron chi connectivity index (χ1n) is 9.90. The molecule has 3 aromatic rings. The number of benzene rings is 2. The van der Waals surface area contributed by atoms with Gasteiger partial charge in [-0.25, -0.2) is 4.68 Å². The zero-order chi connectivity index (χ0) is 22.5. The van der Waals surface area contributed by atoms with Gasteiger partial charge in [-0.1, -0.05) is 30.3 Å². The number of aromatic nitrogens is 2. The van der Waals surface area contributed by atoms with Crippen LogP contribution in [0, 0.1) is 0 Å². The molecule has 0 aliphatic carbocycles. The van der Waals surface area contributed by atoms with Crippen LogP contribution in [0.4, 0.5) is 0 Å². The Morgan fingerprint density at radius 2 is 1.71 bits per heavy atom. The van der Waals surface area contributed by atoms with E-state index in [-0.39, 0.29) is 23.8 Å². The first-order chi connectivity index (χ1) is 14.8. The van der Waals surface area contributed by atoms with Crippen LogP contribution in [-0.4, -0.2) is 34.9 Å². The number of nitrogens with zero attached hydrogens (tertiary/aromatic N) is 2. The molecule has 1 aromatic heterocycles. The van der Waals surface area contributed by atoms with Gasteiger partial charge in [0.2, 0.25) is 0 Å². The molecule has 8 heteroatoms. The predicted octanol–water partition coefficient (Wildman–Crippen LogP) is 2.75. The van der Waals surface area contributed by atoms with Crippen LogP contribution < -0.4 is 15.6 Å². The fourth-order valence-electron chi connectivity index (χ4n) is 3.26. The highest BCUT2D eigenvalue weighted by Crippen LogP contribution is 2.22.